The predicted octanol–water partition coefficient (Wildman–Crippen LogP) is 3.86. The molecule has 0 spiro atoms. The van der Waals surface area contributed by atoms with Crippen LogP contribution in [0.4, 0.5) is 4.39 Å². The molecular weight excluding hydrogens is 265 g/mol. The molecule has 2 nitrogen and oxygen atoms in total. The minimum atomic E-state index is -0.335. The Hall–Kier alpha value is -1.87. The van der Waals surface area contributed by atoms with Gasteiger partial charge >= 0.3 is 0 Å². The van der Waals surface area contributed by atoms with Crippen LogP contribution in [-0.4, -0.2) is 6.04 Å². The molecule has 2 rings (SSSR count). The molecule has 112 valence electrons. The highest BCUT2D eigenvalue weighted by molar-refractivity contribution is 5.30. The molecule has 0 aliphatic rings. The first-order valence-electron chi connectivity index (χ1n) is 7.33. The summed E-state index contributed by atoms with van der Waals surface area (Å²) < 4.78 is 19.5. The molecule has 0 aliphatic heterocycles. The van der Waals surface area contributed by atoms with Gasteiger partial charge in [-0.3, -0.25) is 0 Å². The number of rotatable bonds is 6. The lowest BCUT2D eigenvalue weighted by atomic mass is 10.1. The number of nitrogens with two attached hydrogens (primary N) is 1. The third kappa shape index (κ3) is 4.57. The van der Waals surface area contributed by atoms with E-state index in [-0.39, 0.29) is 17.6 Å². The highest BCUT2D eigenvalue weighted by atomic mass is 19.1. The van der Waals surface area contributed by atoms with Gasteiger partial charge in [0, 0.05) is 6.04 Å². The Balaban J connectivity index is 1.99. The van der Waals surface area contributed by atoms with Crippen LogP contribution in [0.5, 0.6) is 5.75 Å². The molecule has 0 amide bonds. The zero-order valence-electron chi connectivity index (χ0n) is 12.6. The van der Waals surface area contributed by atoms with Crippen molar-refractivity contribution in [3.63, 3.8) is 0 Å². The normalized spacial score (nSPS) is 12.2. The summed E-state index contributed by atoms with van der Waals surface area (Å²) in [5.41, 5.74) is 8.92. The number of benzene rings is 2. The van der Waals surface area contributed by atoms with Crippen LogP contribution in [0.2, 0.25) is 0 Å². The van der Waals surface area contributed by atoms with Crippen molar-refractivity contribution in [3.8, 4) is 5.75 Å². The average molecular weight is 287 g/mol. The molecule has 0 heterocycles. The van der Waals surface area contributed by atoms with Crippen LogP contribution in [-0.2, 0) is 19.4 Å². The maximum absolute atomic E-state index is 14.0. The topological polar surface area (TPSA) is 35.2 Å². The van der Waals surface area contributed by atoms with Gasteiger partial charge in [0.15, 0.2) is 11.6 Å². The van der Waals surface area contributed by atoms with E-state index in [2.05, 4.69) is 19.1 Å². The summed E-state index contributed by atoms with van der Waals surface area (Å²) in [4.78, 5) is 0. The smallest absolute Gasteiger partial charge is 0.165 e. The van der Waals surface area contributed by atoms with Crippen LogP contribution in [0.1, 0.15) is 30.5 Å². The summed E-state index contributed by atoms with van der Waals surface area (Å²) >= 11 is 0. The summed E-state index contributed by atoms with van der Waals surface area (Å²) in [6.07, 6.45) is 1.67. The van der Waals surface area contributed by atoms with Gasteiger partial charge in [-0.2, -0.15) is 0 Å². The molecule has 2 aromatic rings. The van der Waals surface area contributed by atoms with Gasteiger partial charge in [-0.05, 0) is 48.6 Å². The highest BCUT2D eigenvalue weighted by Gasteiger charge is 2.06. The highest BCUT2D eigenvalue weighted by Crippen LogP contribution is 2.20. The van der Waals surface area contributed by atoms with Crippen molar-refractivity contribution in [2.24, 2.45) is 5.73 Å². The molecule has 1 atom stereocenters. The molecule has 2 aromatic carbocycles. The number of aryl methyl sites for hydroxylation is 1. The molecule has 21 heavy (non-hydrogen) atoms. The van der Waals surface area contributed by atoms with Crippen LogP contribution in [0.3, 0.4) is 0 Å². The van der Waals surface area contributed by atoms with Crippen molar-refractivity contribution in [2.75, 3.05) is 0 Å². The Labute approximate surface area is 125 Å². The summed E-state index contributed by atoms with van der Waals surface area (Å²) in [6.45, 7) is 4.39. The average Bonchev–Trinajstić information content (AvgIpc) is 2.46. The Bertz CT molecular complexity index is 578. The molecule has 0 bridgehead atoms. The predicted molar refractivity (Wildman–Crippen MR) is 83.9 cm³/mol. The van der Waals surface area contributed by atoms with Crippen molar-refractivity contribution < 1.29 is 9.13 Å². The zero-order chi connectivity index (χ0) is 15.2. The fourth-order valence-electron chi connectivity index (χ4n) is 2.19. The van der Waals surface area contributed by atoms with Crippen molar-refractivity contribution >= 4 is 0 Å². The van der Waals surface area contributed by atoms with E-state index in [1.807, 2.05) is 25.1 Å². The molecule has 2 N–H and O–H groups in total. The van der Waals surface area contributed by atoms with Crippen molar-refractivity contribution in [2.45, 2.75) is 39.3 Å². The summed E-state index contributed by atoms with van der Waals surface area (Å²) in [5, 5.41) is 0. The van der Waals surface area contributed by atoms with Crippen LogP contribution in [0, 0.1) is 5.82 Å². The first kappa shape index (κ1) is 15.5. The van der Waals surface area contributed by atoms with Gasteiger partial charge in [0.1, 0.15) is 6.61 Å². The minimum absolute atomic E-state index is 0.0215. The van der Waals surface area contributed by atoms with Gasteiger partial charge in [-0.25, -0.2) is 4.39 Å². The molecule has 0 aromatic heterocycles. The van der Waals surface area contributed by atoms with Gasteiger partial charge in [0.05, 0.1) is 0 Å². The quantitative estimate of drug-likeness (QED) is 0.875. The van der Waals surface area contributed by atoms with E-state index >= 15 is 0 Å². The summed E-state index contributed by atoms with van der Waals surface area (Å²) in [5.74, 6) is -0.0543. The van der Waals surface area contributed by atoms with E-state index < -0.39 is 0 Å². The number of hydrogen-bond donors (Lipinski definition) is 1. The fraction of sp³-hybridized carbons (Fsp3) is 0.333. The fourth-order valence-corrected chi connectivity index (χ4v) is 2.19. The van der Waals surface area contributed by atoms with E-state index in [0.29, 0.717) is 13.0 Å². The monoisotopic (exact) mass is 287 g/mol. The molecule has 3 heteroatoms. The van der Waals surface area contributed by atoms with E-state index in [1.54, 1.807) is 6.07 Å². The van der Waals surface area contributed by atoms with Gasteiger partial charge in [-0.15, -0.1) is 0 Å². The number of ether oxygens (including phenoxy) is 1. The SMILES string of the molecule is CCc1ccc(COc2ccc(CC(C)N)cc2F)cc1. The third-order valence-electron chi connectivity index (χ3n) is 3.38. The lowest BCUT2D eigenvalue weighted by Crippen LogP contribution is -2.17. The third-order valence-corrected chi connectivity index (χ3v) is 3.38. The lowest BCUT2D eigenvalue weighted by molar-refractivity contribution is 0.290. The van der Waals surface area contributed by atoms with E-state index in [0.717, 1.165) is 17.5 Å². The van der Waals surface area contributed by atoms with Gasteiger partial charge in [0.25, 0.3) is 0 Å². The van der Waals surface area contributed by atoms with Crippen LogP contribution in [0.25, 0.3) is 0 Å². The molecule has 0 aliphatic carbocycles. The van der Waals surface area contributed by atoms with Crippen molar-refractivity contribution in [1.29, 1.82) is 0 Å². The van der Waals surface area contributed by atoms with Gasteiger partial charge < -0.3 is 10.5 Å². The number of halogens is 1. The Kier molecular flexibility index (Phi) is 5.34. The maximum Gasteiger partial charge on any atom is 0.165 e. The lowest BCUT2D eigenvalue weighted by Gasteiger charge is -2.10. The van der Waals surface area contributed by atoms with Gasteiger partial charge in [-0.1, -0.05) is 37.3 Å². The molecule has 1 unspecified atom stereocenters. The second-order valence-corrected chi connectivity index (χ2v) is 5.40. The standard InChI is InChI=1S/C18H22FNO/c1-3-14-4-6-15(7-5-14)12-21-18-9-8-16(10-13(2)20)11-17(18)19/h4-9,11,13H,3,10,12,20H2,1-2H3. The molecule has 0 fully saturated rings. The van der Waals surface area contributed by atoms with Crippen molar-refractivity contribution in [3.05, 3.63) is 65.0 Å². The molecular formula is C18H22FNO. The maximum atomic E-state index is 14.0. The van der Waals surface area contributed by atoms with E-state index in [1.165, 1.54) is 11.6 Å². The van der Waals surface area contributed by atoms with Crippen LogP contribution >= 0.6 is 0 Å². The van der Waals surface area contributed by atoms with E-state index in [9.17, 15) is 4.39 Å². The largest absolute Gasteiger partial charge is 0.486 e. The minimum Gasteiger partial charge on any atom is -0.486 e. The Morgan fingerprint density at radius 2 is 1.67 bits per heavy atom. The Morgan fingerprint density at radius 1 is 1.05 bits per heavy atom. The molecule has 0 saturated heterocycles. The molecule has 0 radical (unpaired) electrons. The van der Waals surface area contributed by atoms with Crippen LogP contribution in [0.15, 0.2) is 42.5 Å². The molecule has 0 saturated carbocycles. The summed E-state index contributed by atoms with van der Waals surface area (Å²) in [6, 6.07) is 13.2. The van der Waals surface area contributed by atoms with E-state index in [4.69, 9.17) is 10.5 Å². The zero-order valence-corrected chi connectivity index (χ0v) is 12.6. The first-order chi connectivity index (χ1) is 10.1. The summed E-state index contributed by atoms with van der Waals surface area (Å²) in [7, 11) is 0. The van der Waals surface area contributed by atoms with Crippen molar-refractivity contribution in [1.82, 2.24) is 0 Å². The van der Waals surface area contributed by atoms with Gasteiger partial charge in [0.2, 0.25) is 0 Å². The first-order valence-corrected chi connectivity index (χ1v) is 7.33. The second-order valence-electron chi connectivity index (χ2n) is 5.40. The number of hydrogen-bond acceptors (Lipinski definition) is 2. The second kappa shape index (κ2) is 7.23. The van der Waals surface area contributed by atoms with Crippen LogP contribution < -0.4 is 10.5 Å². The Morgan fingerprint density at radius 3 is 2.24 bits per heavy atom.